The molecular weight excluding hydrogens is 485 g/mol. The highest BCUT2D eigenvalue weighted by atomic mass is 35.5. The third-order valence-electron chi connectivity index (χ3n) is 6.18. The second-order valence-electron chi connectivity index (χ2n) is 9.55. The molecule has 194 valence electrons. The molecule has 2 aromatic carbocycles. The van der Waals surface area contributed by atoms with Crippen molar-refractivity contribution in [1.82, 2.24) is 16.0 Å². The van der Waals surface area contributed by atoms with Crippen molar-refractivity contribution in [3.8, 4) is 5.75 Å². The number of benzene rings is 2. The third kappa shape index (κ3) is 7.68. The Balaban J connectivity index is 1.79. The fourth-order valence-electron chi connectivity index (χ4n) is 4.02. The van der Waals surface area contributed by atoms with E-state index in [0.29, 0.717) is 29.5 Å². The molecule has 1 aliphatic heterocycles. The van der Waals surface area contributed by atoms with Crippen LogP contribution in [0.3, 0.4) is 0 Å². The minimum atomic E-state index is -0.989. The van der Waals surface area contributed by atoms with Gasteiger partial charge in [0.1, 0.15) is 17.6 Å². The molecule has 36 heavy (non-hydrogen) atoms. The summed E-state index contributed by atoms with van der Waals surface area (Å²) in [6.45, 7) is 4.72. The Hall–Kier alpha value is -3.13. The van der Waals surface area contributed by atoms with Crippen LogP contribution < -0.4 is 20.7 Å². The lowest BCUT2D eigenvalue weighted by atomic mass is 9.84. The van der Waals surface area contributed by atoms with E-state index in [9.17, 15) is 18.8 Å². The number of hydrogen-bond donors (Lipinski definition) is 3. The molecule has 0 bridgehead atoms. The van der Waals surface area contributed by atoms with Crippen LogP contribution in [0.1, 0.15) is 61.9 Å². The Morgan fingerprint density at radius 2 is 1.94 bits per heavy atom. The summed E-state index contributed by atoms with van der Waals surface area (Å²) in [5.41, 5.74) is -0.0151. The SMILES string of the molecule is CC(C)(CNC(=O)[C@@H]1CCC(=O)NCCCCCOc2ccc(Cl)cc2C(=O)N1)c1ccccc1F. The number of carbonyl (C=O) groups excluding carboxylic acids is 3. The van der Waals surface area contributed by atoms with Gasteiger partial charge in [0.15, 0.2) is 0 Å². The lowest BCUT2D eigenvalue weighted by Crippen LogP contribution is -2.49. The summed E-state index contributed by atoms with van der Waals surface area (Å²) in [5.74, 6) is -1.17. The first kappa shape index (κ1) is 27.5. The van der Waals surface area contributed by atoms with Gasteiger partial charge in [-0.2, -0.15) is 0 Å². The van der Waals surface area contributed by atoms with E-state index in [1.807, 2.05) is 13.8 Å². The molecule has 0 saturated heterocycles. The molecule has 7 nitrogen and oxygen atoms in total. The van der Waals surface area contributed by atoms with Gasteiger partial charge >= 0.3 is 0 Å². The number of nitrogens with one attached hydrogen (secondary N) is 3. The van der Waals surface area contributed by atoms with Crippen LogP contribution in [0.25, 0.3) is 0 Å². The van der Waals surface area contributed by atoms with Crippen molar-refractivity contribution in [3.63, 3.8) is 0 Å². The quantitative estimate of drug-likeness (QED) is 0.568. The summed E-state index contributed by atoms with van der Waals surface area (Å²) in [5, 5.41) is 8.77. The third-order valence-corrected chi connectivity index (χ3v) is 6.41. The monoisotopic (exact) mass is 517 g/mol. The van der Waals surface area contributed by atoms with Crippen molar-refractivity contribution in [2.45, 2.75) is 57.4 Å². The van der Waals surface area contributed by atoms with Crippen molar-refractivity contribution in [3.05, 3.63) is 64.4 Å². The summed E-state index contributed by atoms with van der Waals surface area (Å²) in [7, 11) is 0. The van der Waals surface area contributed by atoms with Gasteiger partial charge in [0.2, 0.25) is 11.8 Å². The van der Waals surface area contributed by atoms with Gasteiger partial charge in [-0.1, -0.05) is 43.6 Å². The minimum Gasteiger partial charge on any atom is -0.493 e. The van der Waals surface area contributed by atoms with Crippen molar-refractivity contribution < 1.29 is 23.5 Å². The van der Waals surface area contributed by atoms with Crippen molar-refractivity contribution >= 4 is 29.3 Å². The van der Waals surface area contributed by atoms with E-state index in [2.05, 4.69) is 16.0 Å². The normalized spacial score (nSPS) is 17.9. The second-order valence-corrected chi connectivity index (χ2v) is 9.98. The highest BCUT2D eigenvalue weighted by Gasteiger charge is 2.28. The fraction of sp³-hybridized carbons (Fsp3) is 0.444. The summed E-state index contributed by atoms with van der Waals surface area (Å²) in [6.07, 6.45) is 2.59. The van der Waals surface area contributed by atoms with E-state index in [1.165, 1.54) is 12.1 Å². The molecule has 0 aliphatic carbocycles. The van der Waals surface area contributed by atoms with Gasteiger partial charge in [-0.05, 0) is 55.5 Å². The average Bonchev–Trinajstić information content (AvgIpc) is 2.85. The summed E-state index contributed by atoms with van der Waals surface area (Å²) in [4.78, 5) is 38.7. The average molecular weight is 518 g/mol. The van der Waals surface area contributed by atoms with Crippen LogP contribution in [-0.4, -0.2) is 43.5 Å². The van der Waals surface area contributed by atoms with Crippen molar-refractivity contribution in [1.29, 1.82) is 0 Å². The number of amides is 3. The first-order valence-electron chi connectivity index (χ1n) is 12.2. The number of fused-ring (bicyclic) bond motifs is 1. The molecule has 2 aromatic rings. The lowest BCUT2D eigenvalue weighted by molar-refractivity contribution is -0.124. The van der Waals surface area contributed by atoms with E-state index in [0.717, 1.165) is 19.3 Å². The maximum absolute atomic E-state index is 14.3. The largest absolute Gasteiger partial charge is 0.493 e. The Bertz CT molecular complexity index is 1090. The molecule has 0 aromatic heterocycles. The Morgan fingerprint density at radius 3 is 2.72 bits per heavy atom. The van der Waals surface area contributed by atoms with Gasteiger partial charge in [-0.25, -0.2) is 4.39 Å². The Morgan fingerprint density at radius 1 is 1.17 bits per heavy atom. The van der Waals surface area contributed by atoms with Crippen LogP contribution in [-0.2, 0) is 15.0 Å². The maximum atomic E-state index is 14.3. The predicted octanol–water partition coefficient (Wildman–Crippen LogP) is 4.13. The van der Waals surface area contributed by atoms with Crippen molar-refractivity contribution in [2.75, 3.05) is 19.7 Å². The van der Waals surface area contributed by atoms with E-state index >= 15 is 0 Å². The molecule has 0 spiro atoms. The van der Waals surface area contributed by atoms with Crippen LogP contribution in [0.15, 0.2) is 42.5 Å². The smallest absolute Gasteiger partial charge is 0.255 e. The first-order chi connectivity index (χ1) is 17.2. The van der Waals surface area contributed by atoms with Crippen LogP contribution in [0.4, 0.5) is 4.39 Å². The van der Waals surface area contributed by atoms with E-state index in [1.54, 1.807) is 30.3 Å². The molecular formula is C27H33ClFN3O4. The maximum Gasteiger partial charge on any atom is 0.255 e. The minimum absolute atomic E-state index is 0.0635. The molecule has 1 heterocycles. The molecule has 9 heteroatoms. The predicted molar refractivity (Wildman–Crippen MR) is 137 cm³/mol. The number of ether oxygens (including phenoxy) is 1. The number of halogens is 2. The molecule has 0 unspecified atom stereocenters. The van der Waals surface area contributed by atoms with Crippen LogP contribution in [0.5, 0.6) is 5.75 Å². The van der Waals surface area contributed by atoms with Crippen LogP contribution in [0, 0.1) is 5.82 Å². The summed E-state index contributed by atoms with van der Waals surface area (Å²) in [6, 6.07) is 10.2. The molecule has 0 radical (unpaired) electrons. The van der Waals surface area contributed by atoms with Gasteiger partial charge in [0, 0.05) is 29.9 Å². The number of rotatable bonds is 4. The van der Waals surface area contributed by atoms with Crippen LogP contribution >= 0.6 is 11.6 Å². The van der Waals surface area contributed by atoms with Gasteiger partial charge in [0.25, 0.3) is 5.91 Å². The standard InChI is InChI=1S/C27H33ClFN3O4/c1-27(2,20-8-4-5-9-21(20)29)17-31-26(35)22-11-13-24(33)30-14-6-3-7-15-36-23-12-10-18(28)16-19(23)25(34)32-22/h4-5,8-10,12,16,22H,3,6-7,11,13-15,17H2,1-2H3,(H,30,33)(H,31,35)(H,32,34)/t22-/m0/s1. The van der Waals surface area contributed by atoms with Gasteiger partial charge in [-0.15, -0.1) is 0 Å². The van der Waals surface area contributed by atoms with Crippen LogP contribution in [0.2, 0.25) is 5.02 Å². The second kappa shape index (κ2) is 12.7. The lowest BCUT2D eigenvalue weighted by Gasteiger charge is -2.27. The molecule has 1 atom stereocenters. The number of hydrogen-bond acceptors (Lipinski definition) is 4. The topological polar surface area (TPSA) is 96.5 Å². The highest BCUT2D eigenvalue weighted by molar-refractivity contribution is 6.31. The molecule has 0 fully saturated rings. The zero-order valence-corrected chi connectivity index (χ0v) is 21.4. The van der Waals surface area contributed by atoms with Gasteiger partial charge in [0.05, 0.1) is 12.2 Å². The zero-order valence-electron chi connectivity index (χ0n) is 20.7. The molecule has 3 N–H and O–H groups in total. The van der Waals surface area contributed by atoms with E-state index in [4.69, 9.17) is 16.3 Å². The molecule has 3 amide bonds. The summed E-state index contributed by atoms with van der Waals surface area (Å²) >= 11 is 6.13. The van der Waals surface area contributed by atoms with Gasteiger partial charge < -0.3 is 20.7 Å². The fourth-order valence-corrected chi connectivity index (χ4v) is 4.20. The molecule has 3 rings (SSSR count). The molecule has 0 saturated carbocycles. The first-order valence-corrected chi connectivity index (χ1v) is 12.6. The Labute approximate surface area is 216 Å². The summed E-state index contributed by atoms with van der Waals surface area (Å²) < 4.78 is 20.2. The van der Waals surface area contributed by atoms with E-state index in [-0.39, 0.29) is 36.7 Å². The number of carbonyl (C=O) groups is 3. The van der Waals surface area contributed by atoms with E-state index < -0.39 is 23.3 Å². The zero-order chi connectivity index (χ0) is 26.1. The highest BCUT2D eigenvalue weighted by Crippen LogP contribution is 2.26. The Kier molecular flexibility index (Phi) is 9.70. The van der Waals surface area contributed by atoms with Crippen molar-refractivity contribution in [2.24, 2.45) is 0 Å². The molecule has 1 aliphatic rings. The van der Waals surface area contributed by atoms with Gasteiger partial charge in [-0.3, -0.25) is 14.4 Å².